The summed E-state index contributed by atoms with van der Waals surface area (Å²) in [5.74, 6) is 2.54. The summed E-state index contributed by atoms with van der Waals surface area (Å²) in [6, 6.07) is 26.0. The van der Waals surface area contributed by atoms with Crippen LogP contribution in [-0.4, -0.2) is 20.3 Å². The van der Waals surface area contributed by atoms with E-state index in [0.29, 0.717) is 19.4 Å². The molecule has 1 aliphatic carbocycles. The number of aromatic amines is 1. The Morgan fingerprint density at radius 1 is 0.921 bits per heavy atom. The normalized spacial score (nSPS) is 13.6. The van der Waals surface area contributed by atoms with E-state index in [2.05, 4.69) is 26.7 Å². The lowest BCUT2D eigenvalue weighted by atomic mass is 9.87. The van der Waals surface area contributed by atoms with Gasteiger partial charge in [-0.15, -0.1) is 0 Å². The summed E-state index contributed by atoms with van der Waals surface area (Å²) in [5.41, 5.74) is 4.88. The Labute approximate surface area is 221 Å². The van der Waals surface area contributed by atoms with Crippen LogP contribution in [0.1, 0.15) is 51.8 Å². The Morgan fingerprint density at radius 3 is 2.50 bits per heavy atom. The first-order valence-electron chi connectivity index (χ1n) is 13.0. The second kappa shape index (κ2) is 10.8. The Morgan fingerprint density at radius 2 is 1.74 bits per heavy atom. The molecular formula is C32H29N3O3. The van der Waals surface area contributed by atoms with Crippen molar-refractivity contribution in [3.05, 3.63) is 132 Å². The topological polar surface area (TPSA) is 69.1 Å². The van der Waals surface area contributed by atoms with Gasteiger partial charge in [0.25, 0.3) is 0 Å². The molecular weight excluding hydrogens is 474 g/mol. The Bertz CT molecular complexity index is 1490. The number of rotatable bonds is 9. The van der Waals surface area contributed by atoms with Gasteiger partial charge in [0.15, 0.2) is 5.78 Å². The van der Waals surface area contributed by atoms with Crippen LogP contribution < -0.4 is 9.47 Å². The molecule has 3 aromatic carbocycles. The van der Waals surface area contributed by atoms with E-state index in [1.165, 1.54) is 0 Å². The highest BCUT2D eigenvalue weighted by atomic mass is 16.5. The summed E-state index contributed by atoms with van der Waals surface area (Å²) in [6.07, 6.45) is 10.2. The van der Waals surface area contributed by atoms with E-state index in [9.17, 15) is 4.79 Å². The maximum atomic E-state index is 12.7. The molecule has 6 nitrogen and oxygen atoms in total. The average molecular weight is 504 g/mol. The zero-order chi connectivity index (χ0) is 25.7. The number of nitrogens with zero attached hydrogens (tertiary/aromatic N) is 2. The van der Waals surface area contributed by atoms with Crippen LogP contribution in [0, 0.1) is 0 Å². The SMILES string of the molecule is O=C1CCCc2c1ccc(OC(Cc1ncc[nH]1)c1ccccc1)c2COc1ccc(-n2cccc2)cc1. The van der Waals surface area contributed by atoms with Crippen LogP contribution in [0.3, 0.4) is 0 Å². The highest BCUT2D eigenvalue weighted by Crippen LogP contribution is 2.35. The molecule has 0 amide bonds. The molecule has 0 radical (unpaired) electrons. The van der Waals surface area contributed by atoms with Crippen molar-refractivity contribution in [2.75, 3.05) is 0 Å². The van der Waals surface area contributed by atoms with Crippen molar-refractivity contribution in [2.24, 2.45) is 0 Å². The van der Waals surface area contributed by atoms with Crippen molar-refractivity contribution in [1.82, 2.24) is 14.5 Å². The predicted molar refractivity (Wildman–Crippen MR) is 146 cm³/mol. The molecule has 1 aliphatic rings. The van der Waals surface area contributed by atoms with E-state index in [1.807, 2.05) is 85.3 Å². The van der Waals surface area contributed by atoms with E-state index in [-0.39, 0.29) is 11.9 Å². The number of H-pyrrole nitrogens is 1. The number of nitrogens with one attached hydrogen (secondary N) is 1. The van der Waals surface area contributed by atoms with Gasteiger partial charge in [0.05, 0.1) is 0 Å². The monoisotopic (exact) mass is 503 g/mol. The number of fused-ring (bicyclic) bond motifs is 1. The zero-order valence-electron chi connectivity index (χ0n) is 21.0. The van der Waals surface area contributed by atoms with Gasteiger partial charge in [-0.1, -0.05) is 30.3 Å². The number of hydrogen-bond donors (Lipinski definition) is 1. The second-order valence-corrected chi connectivity index (χ2v) is 9.48. The van der Waals surface area contributed by atoms with E-state index < -0.39 is 0 Å². The zero-order valence-corrected chi connectivity index (χ0v) is 21.0. The quantitative estimate of drug-likeness (QED) is 0.244. The van der Waals surface area contributed by atoms with Crippen LogP contribution in [0.2, 0.25) is 0 Å². The number of imidazole rings is 1. The Hall–Kier alpha value is -4.58. The molecule has 1 unspecified atom stereocenters. The first kappa shape index (κ1) is 23.8. The minimum atomic E-state index is -0.251. The first-order chi connectivity index (χ1) is 18.7. The van der Waals surface area contributed by atoms with E-state index in [0.717, 1.165) is 58.1 Å². The molecule has 2 heterocycles. The van der Waals surface area contributed by atoms with Crippen molar-refractivity contribution >= 4 is 5.78 Å². The van der Waals surface area contributed by atoms with Crippen molar-refractivity contribution in [2.45, 2.75) is 38.4 Å². The summed E-state index contributed by atoms with van der Waals surface area (Å²) in [7, 11) is 0. The predicted octanol–water partition coefficient (Wildman–Crippen LogP) is 6.66. The Kier molecular flexibility index (Phi) is 6.77. The van der Waals surface area contributed by atoms with E-state index in [4.69, 9.17) is 9.47 Å². The number of ketones is 1. The third-order valence-electron chi connectivity index (χ3n) is 7.02. The molecule has 0 bridgehead atoms. The molecule has 0 aliphatic heterocycles. The number of ether oxygens (including phenoxy) is 2. The minimum absolute atomic E-state index is 0.185. The maximum absolute atomic E-state index is 12.7. The van der Waals surface area contributed by atoms with Crippen LogP contribution in [0.4, 0.5) is 0 Å². The molecule has 0 saturated carbocycles. The number of hydrogen-bond acceptors (Lipinski definition) is 4. The summed E-state index contributed by atoms with van der Waals surface area (Å²) < 4.78 is 15.0. The lowest BCUT2D eigenvalue weighted by molar-refractivity contribution is 0.0971. The summed E-state index contributed by atoms with van der Waals surface area (Å²) >= 11 is 0. The van der Waals surface area contributed by atoms with Crippen LogP contribution in [0.15, 0.2) is 104 Å². The number of aromatic nitrogens is 3. The largest absolute Gasteiger partial charge is 0.489 e. The van der Waals surface area contributed by atoms with Gasteiger partial charge in [-0.05, 0) is 72.5 Å². The van der Waals surface area contributed by atoms with E-state index in [1.54, 1.807) is 6.20 Å². The summed E-state index contributed by atoms with van der Waals surface area (Å²) in [5, 5.41) is 0. The van der Waals surface area contributed by atoms with Crippen molar-refractivity contribution in [3.8, 4) is 17.2 Å². The number of carbonyl (C=O) groups excluding carboxylic acids is 1. The van der Waals surface area contributed by atoms with Gasteiger partial charge in [-0.2, -0.15) is 0 Å². The third-order valence-corrected chi connectivity index (χ3v) is 7.02. The van der Waals surface area contributed by atoms with Crippen LogP contribution >= 0.6 is 0 Å². The molecule has 1 N–H and O–H groups in total. The van der Waals surface area contributed by atoms with Gasteiger partial charge in [-0.3, -0.25) is 4.79 Å². The van der Waals surface area contributed by atoms with E-state index >= 15 is 0 Å². The molecule has 0 saturated heterocycles. The van der Waals surface area contributed by atoms with Gasteiger partial charge < -0.3 is 19.0 Å². The van der Waals surface area contributed by atoms with Crippen LogP contribution in [0.25, 0.3) is 5.69 Å². The average Bonchev–Trinajstić information content (AvgIpc) is 3.68. The molecule has 5 aromatic rings. The Balaban J connectivity index is 1.30. The van der Waals surface area contributed by atoms with Gasteiger partial charge in [0.1, 0.15) is 30.0 Å². The molecule has 6 rings (SSSR count). The molecule has 0 fully saturated rings. The fourth-order valence-electron chi connectivity index (χ4n) is 5.06. The molecule has 190 valence electrons. The van der Waals surface area contributed by atoms with Gasteiger partial charge in [-0.25, -0.2) is 4.98 Å². The summed E-state index contributed by atoms with van der Waals surface area (Å²) in [4.78, 5) is 20.3. The number of carbonyl (C=O) groups is 1. The molecule has 0 spiro atoms. The van der Waals surface area contributed by atoms with Gasteiger partial charge >= 0.3 is 0 Å². The molecule has 38 heavy (non-hydrogen) atoms. The van der Waals surface area contributed by atoms with Crippen molar-refractivity contribution < 1.29 is 14.3 Å². The lowest BCUT2D eigenvalue weighted by Crippen LogP contribution is -2.18. The minimum Gasteiger partial charge on any atom is -0.489 e. The smallest absolute Gasteiger partial charge is 0.163 e. The lowest BCUT2D eigenvalue weighted by Gasteiger charge is -2.25. The molecule has 6 heteroatoms. The molecule has 2 aromatic heterocycles. The maximum Gasteiger partial charge on any atom is 0.163 e. The standard InChI is InChI=1S/C32H29N3O3/c36-29-10-6-9-26-27(29)15-16-30(38-31(21-32-33-17-18-34-32)23-7-2-1-3-8-23)28(26)22-37-25-13-11-24(12-14-25)35-19-4-5-20-35/h1-5,7-8,11-20,31H,6,9-10,21-22H2,(H,33,34). The fourth-order valence-corrected chi connectivity index (χ4v) is 5.06. The highest BCUT2D eigenvalue weighted by Gasteiger charge is 2.25. The number of Topliss-reactive ketones (excluding diaryl/α,β-unsaturated/α-hetero) is 1. The van der Waals surface area contributed by atoms with Crippen LogP contribution in [-0.2, 0) is 19.4 Å². The third kappa shape index (κ3) is 5.11. The van der Waals surface area contributed by atoms with Crippen molar-refractivity contribution in [3.63, 3.8) is 0 Å². The first-order valence-corrected chi connectivity index (χ1v) is 13.0. The summed E-state index contributed by atoms with van der Waals surface area (Å²) in [6.45, 7) is 0.316. The highest BCUT2D eigenvalue weighted by molar-refractivity contribution is 5.99. The van der Waals surface area contributed by atoms with Gasteiger partial charge in [0.2, 0.25) is 0 Å². The van der Waals surface area contributed by atoms with Crippen molar-refractivity contribution in [1.29, 1.82) is 0 Å². The van der Waals surface area contributed by atoms with Gasteiger partial charge in [0, 0.05) is 54.4 Å². The fraction of sp³-hybridized carbons (Fsp3) is 0.188. The number of benzene rings is 3. The van der Waals surface area contributed by atoms with Crippen LogP contribution in [0.5, 0.6) is 11.5 Å². The second-order valence-electron chi connectivity index (χ2n) is 9.48. The molecule has 1 atom stereocenters.